The van der Waals surface area contributed by atoms with Crippen molar-refractivity contribution >= 4 is 27.3 Å². The minimum Gasteiger partial charge on any atom is -0.318 e. The largest absolute Gasteiger partial charge is 0.318 e. The second-order valence-electron chi connectivity index (χ2n) is 3.51. The fourth-order valence-electron chi connectivity index (χ4n) is 1.26. The first-order chi connectivity index (χ1) is 6.63. The number of aryl methyl sites for hydroxylation is 1. The third-order valence-corrected chi connectivity index (χ3v) is 4.18. The molecule has 0 aliphatic carbocycles. The maximum absolute atomic E-state index is 3.53. The van der Waals surface area contributed by atoms with Gasteiger partial charge in [0.25, 0.3) is 0 Å². The number of nitrogens with one attached hydrogen (secondary N) is 2. The lowest BCUT2D eigenvalue weighted by Crippen LogP contribution is -2.34. The van der Waals surface area contributed by atoms with Gasteiger partial charge in [-0.05, 0) is 48.5 Å². The van der Waals surface area contributed by atoms with Gasteiger partial charge in [-0.15, -0.1) is 11.3 Å². The smallest absolute Gasteiger partial charge is 0.0730 e. The molecule has 1 unspecified atom stereocenters. The van der Waals surface area contributed by atoms with Gasteiger partial charge < -0.3 is 10.6 Å². The fraction of sp³-hybridized carbons (Fsp3) is 0.600. The molecule has 0 amide bonds. The average Bonchev–Trinajstić information content (AvgIpc) is 2.44. The molecule has 4 heteroatoms. The van der Waals surface area contributed by atoms with E-state index in [9.17, 15) is 0 Å². The normalized spacial score (nSPS) is 13.1. The van der Waals surface area contributed by atoms with Crippen molar-refractivity contribution in [1.29, 1.82) is 0 Å². The van der Waals surface area contributed by atoms with Crippen LogP contribution in [0.2, 0.25) is 0 Å². The molecule has 1 heterocycles. The van der Waals surface area contributed by atoms with Crippen molar-refractivity contribution < 1.29 is 0 Å². The van der Waals surface area contributed by atoms with E-state index in [1.807, 2.05) is 18.4 Å². The Hall–Kier alpha value is 0.1000. The maximum Gasteiger partial charge on any atom is 0.0730 e. The van der Waals surface area contributed by atoms with Crippen LogP contribution in [0.1, 0.15) is 17.4 Å². The van der Waals surface area contributed by atoms with Gasteiger partial charge in [0.15, 0.2) is 0 Å². The number of likely N-dealkylation sites (N-methyl/N-ethyl adjacent to an activating group) is 1. The van der Waals surface area contributed by atoms with Crippen molar-refractivity contribution in [3.63, 3.8) is 0 Å². The Bertz CT molecular complexity index is 266. The molecule has 1 aromatic heterocycles. The topological polar surface area (TPSA) is 24.1 Å². The second kappa shape index (κ2) is 5.85. The SMILES string of the molecule is CNCC(C)NCc1cc(C)c(Br)s1. The summed E-state index contributed by atoms with van der Waals surface area (Å²) in [5.41, 5.74) is 1.33. The minimum absolute atomic E-state index is 0.515. The Morgan fingerprint density at radius 2 is 2.29 bits per heavy atom. The van der Waals surface area contributed by atoms with Gasteiger partial charge in [0.2, 0.25) is 0 Å². The molecule has 2 nitrogen and oxygen atoms in total. The van der Waals surface area contributed by atoms with Crippen molar-refractivity contribution in [2.24, 2.45) is 0 Å². The van der Waals surface area contributed by atoms with Crippen molar-refractivity contribution in [2.45, 2.75) is 26.4 Å². The molecule has 1 rings (SSSR count). The van der Waals surface area contributed by atoms with E-state index >= 15 is 0 Å². The summed E-state index contributed by atoms with van der Waals surface area (Å²) < 4.78 is 1.25. The van der Waals surface area contributed by atoms with Crippen LogP contribution in [0, 0.1) is 6.92 Å². The lowest BCUT2D eigenvalue weighted by Gasteiger charge is -2.11. The van der Waals surface area contributed by atoms with Crippen LogP contribution in [-0.4, -0.2) is 19.6 Å². The lowest BCUT2D eigenvalue weighted by atomic mass is 10.3. The highest BCUT2D eigenvalue weighted by molar-refractivity contribution is 9.11. The first-order valence-electron chi connectivity index (χ1n) is 4.76. The molecule has 0 aliphatic heterocycles. The van der Waals surface area contributed by atoms with Crippen molar-refractivity contribution in [2.75, 3.05) is 13.6 Å². The summed E-state index contributed by atoms with van der Waals surface area (Å²) in [4.78, 5) is 1.39. The molecule has 1 aromatic rings. The van der Waals surface area contributed by atoms with E-state index in [0.717, 1.165) is 13.1 Å². The molecule has 0 saturated heterocycles. The van der Waals surface area contributed by atoms with Crippen LogP contribution in [-0.2, 0) is 6.54 Å². The molecular formula is C10H17BrN2S. The third kappa shape index (κ3) is 3.69. The maximum atomic E-state index is 3.53. The molecule has 0 radical (unpaired) electrons. The minimum atomic E-state index is 0.515. The number of halogens is 1. The molecule has 14 heavy (non-hydrogen) atoms. The second-order valence-corrected chi connectivity index (χ2v) is 5.96. The zero-order valence-corrected chi connectivity index (χ0v) is 11.3. The number of hydrogen-bond acceptors (Lipinski definition) is 3. The Labute approximate surface area is 98.2 Å². The predicted octanol–water partition coefficient (Wildman–Crippen LogP) is 2.52. The first-order valence-corrected chi connectivity index (χ1v) is 6.37. The van der Waals surface area contributed by atoms with E-state index in [1.165, 1.54) is 14.2 Å². The van der Waals surface area contributed by atoms with Crippen LogP contribution >= 0.6 is 27.3 Å². The molecule has 0 bridgehead atoms. The summed E-state index contributed by atoms with van der Waals surface area (Å²) >= 11 is 5.34. The Morgan fingerprint density at radius 3 is 2.79 bits per heavy atom. The monoisotopic (exact) mass is 276 g/mol. The molecule has 0 aliphatic rings. The summed E-state index contributed by atoms with van der Waals surface area (Å²) in [6, 6.07) is 2.74. The van der Waals surface area contributed by atoms with Gasteiger partial charge in [0.05, 0.1) is 3.79 Å². The predicted molar refractivity (Wildman–Crippen MR) is 67.0 cm³/mol. The summed E-state index contributed by atoms with van der Waals surface area (Å²) in [5.74, 6) is 0. The summed E-state index contributed by atoms with van der Waals surface area (Å²) in [7, 11) is 1.98. The Balaban J connectivity index is 2.38. The fourth-order valence-corrected chi connectivity index (χ4v) is 2.84. The van der Waals surface area contributed by atoms with E-state index in [4.69, 9.17) is 0 Å². The van der Waals surface area contributed by atoms with Gasteiger partial charge >= 0.3 is 0 Å². The number of thiophene rings is 1. The molecule has 0 spiro atoms. The van der Waals surface area contributed by atoms with Crippen molar-refractivity contribution in [1.82, 2.24) is 10.6 Å². The van der Waals surface area contributed by atoms with Crippen LogP contribution in [0.25, 0.3) is 0 Å². The van der Waals surface area contributed by atoms with Gasteiger partial charge in [0.1, 0.15) is 0 Å². The van der Waals surface area contributed by atoms with Gasteiger partial charge in [-0.1, -0.05) is 0 Å². The number of rotatable bonds is 5. The quantitative estimate of drug-likeness (QED) is 0.864. The Morgan fingerprint density at radius 1 is 1.57 bits per heavy atom. The van der Waals surface area contributed by atoms with Crippen LogP contribution in [0.4, 0.5) is 0 Å². The Kier molecular flexibility index (Phi) is 5.09. The van der Waals surface area contributed by atoms with Gasteiger partial charge in [0, 0.05) is 24.0 Å². The van der Waals surface area contributed by atoms with Crippen LogP contribution < -0.4 is 10.6 Å². The van der Waals surface area contributed by atoms with Gasteiger partial charge in [-0.25, -0.2) is 0 Å². The van der Waals surface area contributed by atoms with E-state index < -0.39 is 0 Å². The van der Waals surface area contributed by atoms with Crippen LogP contribution in [0.15, 0.2) is 9.85 Å². The average molecular weight is 277 g/mol. The first kappa shape index (κ1) is 12.2. The van der Waals surface area contributed by atoms with E-state index in [-0.39, 0.29) is 0 Å². The van der Waals surface area contributed by atoms with Crippen LogP contribution in [0.5, 0.6) is 0 Å². The zero-order valence-electron chi connectivity index (χ0n) is 8.86. The lowest BCUT2D eigenvalue weighted by molar-refractivity contribution is 0.526. The van der Waals surface area contributed by atoms with E-state index in [2.05, 4.69) is 46.5 Å². The molecule has 2 N–H and O–H groups in total. The molecule has 1 atom stereocenters. The molecule has 80 valence electrons. The standard InChI is InChI=1S/C10H17BrN2S/c1-7-4-9(14-10(7)11)6-13-8(2)5-12-3/h4,8,12-13H,5-6H2,1-3H3. The highest BCUT2D eigenvalue weighted by Gasteiger charge is 2.04. The van der Waals surface area contributed by atoms with Gasteiger partial charge in [-0.3, -0.25) is 0 Å². The van der Waals surface area contributed by atoms with Crippen LogP contribution in [0.3, 0.4) is 0 Å². The van der Waals surface area contributed by atoms with Gasteiger partial charge in [-0.2, -0.15) is 0 Å². The summed E-state index contributed by atoms with van der Waals surface area (Å²) in [6.07, 6.45) is 0. The highest BCUT2D eigenvalue weighted by Crippen LogP contribution is 2.27. The molecule has 0 aromatic carbocycles. The third-order valence-electron chi connectivity index (χ3n) is 2.04. The molecule has 0 fully saturated rings. The summed E-state index contributed by atoms with van der Waals surface area (Å²) in [6.45, 7) is 6.28. The van der Waals surface area contributed by atoms with E-state index in [1.54, 1.807) is 0 Å². The summed E-state index contributed by atoms with van der Waals surface area (Å²) in [5, 5.41) is 6.62. The molecular weight excluding hydrogens is 260 g/mol. The highest BCUT2D eigenvalue weighted by atomic mass is 79.9. The number of hydrogen-bond donors (Lipinski definition) is 2. The van der Waals surface area contributed by atoms with Crippen molar-refractivity contribution in [3.8, 4) is 0 Å². The zero-order chi connectivity index (χ0) is 10.6. The van der Waals surface area contributed by atoms with E-state index in [0.29, 0.717) is 6.04 Å². The molecule has 0 saturated carbocycles. The van der Waals surface area contributed by atoms with Crippen molar-refractivity contribution in [3.05, 3.63) is 20.3 Å².